The van der Waals surface area contributed by atoms with Gasteiger partial charge in [0.05, 0.1) is 0 Å². The maximum absolute atomic E-state index is 13.6. The zero-order chi connectivity index (χ0) is 26.3. The van der Waals surface area contributed by atoms with Crippen molar-refractivity contribution in [3.05, 3.63) is 106 Å². The van der Waals surface area contributed by atoms with Crippen LogP contribution in [0.1, 0.15) is 43.2 Å². The number of carbonyl (C=O) groups is 2. The second-order valence-corrected chi connectivity index (χ2v) is 11.4. The number of nitrogens with zero attached hydrogens (tertiary/aromatic N) is 1. The van der Waals surface area contributed by atoms with Gasteiger partial charge in [-0.15, -0.1) is 11.3 Å². The Kier molecular flexibility index (Phi) is 8.39. The Balaban J connectivity index is 1.65. The summed E-state index contributed by atoms with van der Waals surface area (Å²) in [6, 6.07) is 23.5. The molecule has 0 N–H and O–H groups in total. The summed E-state index contributed by atoms with van der Waals surface area (Å²) in [4.78, 5) is 32.5. The van der Waals surface area contributed by atoms with Gasteiger partial charge in [-0.3, -0.25) is 0 Å². The molecular weight excluding hydrogens is 482 g/mol. The number of rotatable bonds is 10. The second kappa shape index (κ2) is 11.7. The number of esters is 2. The van der Waals surface area contributed by atoms with Crippen LogP contribution in [0, 0.1) is 11.3 Å². The van der Waals surface area contributed by atoms with Crippen molar-refractivity contribution in [3.63, 3.8) is 0 Å². The van der Waals surface area contributed by atoms with Crippen molar-refractivity contribution >= 4 is 29.2 Å². The first-order chi connectivity index (χ1) is 17.8. The first kappa shape index (κ1) is 26.6. The van der Waals surface area contributed by atoms with Crippen molar-refractivity contribution in [3.8, 4) is 0 Å². The fourth-order valence-corrected chi connectivity index (χ4v) is 5.07. The number of thiophene rings is 1. The lowest BCUT2D eigenvalue weighted by molar-refractivity contribution is -0.141. The summed E-state index contributed by atoms with van der Waals surface area (Å²) >= 11 is 1.68. The number of ether oxygens (including phenoxy) is 2. The van der Waals surface area contributed by atoms with Crippen molar-refractivity contribution in [1.82, 2.24) is 0 Å². The van der Waals surface area contributed by atoms with Crippen molar-refractivity contribution in [1.29, 1.82) is 0 Å². The lowest BCUT2D eigenvalue weighted by Gasteiger charge is -2.30. The quantitative estimate of drug-likeness (QED) is 0.226. The molecule has 2 atom stereocenters. The summed E-state index contributed by atoms with van der Waals surface area (Å²) in [7, 11) is 0. The predicted molar refractivity (Wildman–Crippen MR) is 147 cm³/mol. The smallest absolute Gasteiger partial charge is 0.341 e. The topological polar surface area (TPSA) is 65.0 Å². The molecule has 2 heterocycles. The molecule has 0 spiro atoms. The molecule has 0 fully saturated rings. The Morgan fingerprint density at radius 1 is 1.03 bits per heavy atom. The van der Waals surface area contributed by atoms with Crippen molar-refractivity contribution in [2.45, 2.75) is 52.2 Å². The SMILES string of the molecule is CC(C)(C)C1=NC(Cc2ccccc2)(C(/C=C/C(=O)OCc2ccccc2)CCc2cccs2)C(=O)O1. The molecule has 3 aromatic rings. The van der Waals surface area contributed by atoms with Crippen molar-refractivity contribution in [2.75, 3.05) is 0 Å². The summed E-state index contributed by atoms with van der Waals surface area (Å²) in [6.07, 6.45) is 5.00. The third-order valence-corrected chi connectivity index (χ3v) is 7.32. The van der Waals surface area contributed by atoms with E-state index in [0.29, 0.717) is 18.7 Å². The third-order valence-electron chi connectivity index (χ3n) is 6.39. The van der Waals surface area contributed by atoms with Crippen LogP contribution in [0.25, 0.3) is 0 Å². The third kappa shape index (κ3) is 6.83. The number of cyclic esters (lactones) is 1. The summed E-state index contributed by atoms with van der Waals surface area (Å²) in [5, 5.41) is 2.04. The van der Waals surface area contributed by atoms with Crippen LogP contribution in [-0.4, -0.2) is 23.4 Å². The average molecular weight is 516 g/mol. The molecule has 6 heteroatoms. The Bertz CT molecular complexity index is 1240. The average Bonchev–Trinajstić information content (AvgIpc) is 3.52. The first-order valence-corrected chi connectivity index (χ1v) is 13.4. The maximum Gasteiger partial charge on any atom is 0.341 e. The summed E-state index contributed by atoms with van der Waals surface area (Å²) in [6.45, 7) is 6.13. The van der Waals surface area contributed by atoms with Gasteiger partial charge in [0.15, 0.2) is 11.4 Å². The van der Waals surface area contributed by atoms with Gasteiger partial charge in [0.1, 0.15) is 6.61 Å². The molecule has 192 valence electrons. The van der Waals surface area contributed by atoms with E-state index in [1.165, 1.54) is 11.0 Å². The molecular formula is C31H33NO4S. The van der Waals surface area contributed by atoms with Gasteiger partial charge in [0.2, 0.25) is 0 Å². The standard InChI is InChI=1S/C31H33NO4S/c1-30(2,3)28-32-31(29(34)36-28,21-23-11-6-4-7-12-23)25(16-18-26-15-10-20-37-26)17-19-27(33)35-22-24-13-8-5-9-14-24/h4-15,17,19-20,25H,16,18,21-22H2,1-3H3/b19-17+. The van der Waals surface area contributed by atoms with E-state index in [1.54, 1.807) is 17.4 Å². The zero-order valence-corrected chi connectivity index (χ0v) is 22.4. The number of hydrogen-bond donors (Lipinski definition) is 0. The van der Waals surface area contributed by atoms with E-state index in [9.17, 15) is 9.59 Å². The molecule has 1 aromatic heterocycles. The molecule has 5 nitrogen and oxygen atoms in total. The van der Waals surface area contributed by atoms with Gasteiger partial charge in [-0.1, -0.05) is 93.6 Å². The maximum atomic E-state index is 13.6. The minimum absolute atomic E-state index is 0.188. The molecule has 2 aromatic carbocycles. The first-order valence-electron chi connectivity index (χ1n) is 12.5. The molecule has 0 saturated carbocycles. The zero-order valence-electron chi connectivity index (χ0n) is 21.6. The lowest BCUT2D eigenvalue weighted by Crippen LogP contribution is -2.43. The van der Waals surface area contributed by atoms with E-state index >= 15 is 0 Å². The summed E-state index contributed by atoms with van der Waals surface area (Å²) in [5.74, 6) is -0.771. The fourth-order valence-electron chi connectivity index (χ4n) is 4.35. The number of aryl methyl sites for hydroxylation is 1. The molecule has 0 saturated heterocycles. The molecule has 0 bridgehead atoms. The monoisotopic (exact) mass is 515 g/mol. The molecule has 4 rings (SSSR count). The fraction of sp³-hybridized carbons (Fsp3) is 0.323. The van der Waals surface area contributed by atoms with E-state index in [2.05, 4.69) is 6.07 Å². The number of hydrogen-bond acceptors (Lipinski definition) is 6. The van der Waals surface area contributed by atoms with Crippen LogP contribution in [0.3, 0.4) is 0 Å². The van der Waals surface area contributed by atoms with Gasteiger partial charge < -0.3 is 9.47 Å². The van der Waals surface area contributed by atoms with Gasteiger partial charge >= 0.3 is 11.9 Å². The van der Waals surface area contributed by atoms with Crippen LogP contribution >= 0.6 is 11.3 Å². The van der Waals surface area contributed by atoms with Gasteiger partial charge in [-0.2, -0.15) is 0 Å². The highest BCUT2D eigenvalue weighted by molar-refractivity contribution is 7.09. The van der Waals surface area contributed by atoms with Crippen molar-refractivity contribution in [2.24, 2.45) is 16.3 Å². The van der Waals surface area contributed by atoms with Gasteiger partial charge in [0, 0.05) is 28.7 Å². The predicted octanol–water partition coefficient (Wildman–Crippen LogP) is 6.58. The molecule has 1 aliphatic heterocycles. The highest BCUT2D eigenvalue weighted by Gasteiger charge is 2.52. The van der Waals surface area contributed by atoms with Gasteiger partial charge in [-0.25, -0.2) is 14.6 Å². The van der Waals surface area contributed by atoms with Gasteiger partial charge in [0.25, 0.3) is 0 Å². The highest BCUT2D eigenvalue weighted by Crippen LogP contribution is 2.40. The van der Waals surface area contributed by atoms with Crippen LogP contribution in [0.2, 0.25) is 0 Å². The lowest BCUT2D eigenvalue weighted by atomic mass is 9.76. The summed E-state index contributed by atoms with van der Waals surface area (Å²) in [5.41, 5.74) is 0.305. The minimum atomic E-state index is -1.17. The molecule has 0 amide bonds. The summed E-state index contributed by atoms with van der Waals surface area (Å²) < 4.78 is 11.3. The largest absolute Gasteiger partial charge is 0.458 e. The Morgan fingerprint density at radius 2 is 1.70 bits per heavy atom. The minimum Gasteiger partial charge on any atom is -0.458 e. The molecule has 1 aliphatic rings. The van der Waals surface area contributed by atoms with Crippen LogP contribution in [0.15, 0.2) is 95.3 Å². The molecule has 0 radical (unpaired) electrons. The number of carbonyl (C=O) groups excluding carboxylic acids is 2. The van der Waals surface area contributed by atoms with E-state index in [-0.39, 0.29) is 18.5 Å². The van der Waals surface area contributed by atoms with Crippen LogP contribution < -0.4 is 0 Å². The van der Waals surface area contributed by atoms with Crippen molar-refractivity contribution < 1.29 is 19.1 Å². The van der Waals surface area contributed by atoms with Crippen LogP contribution in [0.4, 0.5) is 0 Å². The Hall–Kier alpha value is -3.51. The van der Waals surface area contributed by atoms with E-state index in [0.717, 1.165) is 17.5 Å². The van der Waals surface area contributed by atoms with E-state index < -0.39 is 16.9 Å². The number of aliphatic imine (C=N–C) groups is 1. The van der Waals surface area contributed by atoms with Crippen LogP contribution in [-0.2, 0) is 38.5 Å². The van der Waals surface area contributed by atoms with Gasteiger partial charge in [-0.05, 0) is 35.4 Å². The van der Waals surface area contributed by atoms with Crippen LogP contribution in [0.5, 0.6) is 0 Å². The second-order valence-electron chi connectivity index (χ2n) is 10.3. The number of benzene rings is 2. The molecule has 0 aliphatic carbocycles. The normalized spacial score (nSPS) is 18.5. The highest BCUT2D eigenvalue weighted by atomic mass is 32.1. The van der Waals surface area contributed by atoms with E-state index in [4.69, 9.17) is 14.5 Å². The Labute approximate surface area is 222 Å². The Morgan fingerprint density at radius 3 is 2.30 bits per heavy atom. The van der Waals surface area contributed by atoms with E-state index in [1.807, 2.05) is 92.9 Å². The molecule has 37 heavy (non-hydrogen) atoms. The molecule has 2 unspecified atom stereocenters.